The van der Waals surface area contributed by atoms with E-state index >= 15 is 0 Å². The zero-order valence-corrected chi connectivity index (χ0v) is 22.4. The van der Waals surface area contributed by atoms with Gasteiger partial charge in [0.05, 0.1) is 7.11 Å². The predicted octanol–water partition coefficient (Wildman–Crippen LogP) is 6.14. The summed E-state index contributed by atoms with van der Waals surface area (Å²) < 4.78 is 23.5. The van der Waals surface area contributed by atoms with Gasteiger partial charge in [-0.2, -0.15) is 0 Å². The minimum atomic E-state index is -1.05. The lowest BCUT2D eigenvalue weighted by atomic mass is 9.88. The number of ether oxygens (including phenoxy) is 4. The first-order chi connectivity index (χ1) is 18.2. The highest BCUT2D eigenvalue weighted by Gasteiger charge is 2.40. The van der Waals surface area contributed by atoms with E-state index in [-0.39, 0.29) is 0 Å². The van der Waals surface area contributed by atoms with E-state index in [4.69, 9.17) is 18.9 Å². The number of anilines is 1. The van der Waals surface area contributed by atoms with Crippen molar-refractivity contribution < 1.29 is 28.8 Å². The fourth-order valence-electron chi connectivity index (χ4n) is 5.31. The van der Waals surface area contributed by atoms with Crippen LogP contribution in [-0.4, -0.2) is 42.7 Å². The third-order valence-corrected chi connectivity index (χ3v) is 7.74. The summed E-state index contributed by atoms with van der Waals surface area (Å²) in [6, 6.07) is 18.0. The fraction of sp³-hybridized carbons (Fsp3) is 0.387. The molecule has 0 bridgehead atoms. The SMILES string of the molecule is COc1cc(-c2ccc(NC3(C(=O)O)CCOCC3)cc2CCC2(C)Oc3ccccc3O2)cc(C)c1C. The molecule has 200 valence electrons. The second kappa shape index (κ2) is 10.2. The van der Waals surface area contributed by atoms with Crippen molar-refractivity contribution in [2.24, 2.45) is 0 Å². The standard InChI is InChI=1S/C31H35NO6/c1-20-17-23(19-28(35-4)21(20)2)25-10-9-24(32-31(29(33)34)13-15-36-16-14-31)18-22(25)11-12-30(3)37-26-7-5-6-8-27(26)38-30/h5-10,17-19,32H,11-16H2,1-4H3,(H,33,34). The number of rotatable bonds is 8. The van der Waals surface area contributed by atoms with E-state index < -0.39 is 17.3 Å². The van der Waals surface area contributed by atoms with Crippen LogP contribution in [0.3, 0.4) is 0 Å². The molecule has 3 aromatic rings. The molecule has 0 aromatic heterocycles. The van der Waals surface area contributed by atoms with Crippen molar-refractivity contribution >= 4 is 11.7 Å². The van der Waals surface area contributed by atoms with E-state index in [1.165, 1.54) is 0 Å². The number of hydrogen-bond donors (Lipinski definition) is 2. The number of nitrogens with one attached hydrogen (secondary N) is 1. The molecular weight excluding hydrogens is 482 g/mol. The van der Waals surface area contributed by atoms with Crippen molar-refractivity contribution in [1.29, 1.82) is 0 Å². The molecule has 2 heterocycles. The normalized spacial score (nSPS) is 17.2. The Morgan fingerprint density at radius 2 is 1.71 bits per heavy atom. The van der Waals surface area contributed by atoms with E-state index in [0.29, 0.717) is 38.9 Å². The van der Waals surface area contributed by atoms with Crippen LogP contribution in [0.2, 0.25) is 0 Å². The second-order valence-corrected chi connectivity index (χ2v) is 10.4. The molecule has 7 nitrogen and oxygen atoms in total. The molecule has 0 unspecified atom stereocenters. The van der Waals surface area contributed by atoms with Crippen molar-refractivity contribution in [3.63, 3.8) is 0 Å². The molecule has 0 aliphatic carbocycles. The summed E-state index contributed by atoms with van der Waals surface area (Å²) in [6.45, 7) is 6.92. The molecule has 2 aliphatic rings. The van der Waals surface area contributed by atoms with Crippen LogP contribution in [0.5, 0.6) is 17.2 Å². The van der Waals surface area contributed by atoms with Gasteiger partial charge in [0, 0.05) is 45.1 Å². The van der Waals surface area contributed by atoms with Crippen LogP contribution in [0.15, 0.2) is 54.6 Å². The number of fused-ring (bicyclic) bond motifs is 1. The summed E-state index contributed by atoms with van der Waals surface area (Å²) in [5.74, 6) is 0.669. The lowest BCUT2D eigenvalue weighted by molar-refractivity contribution is -0.145. The summed E-state index contributed by atoms with van der Waals surface area (Å²) in [5, 5.41) is 13.4. The highest BCUT2D eigenvalue weighted by atomic mass is 16.7. The third kappa shape index (κ3) is 5.03. The number of carboxylic acid groups (broad SMARTS) is 1. The molecule has 0 spiro atoms. The van der Waals surface area contributed by atoms with Gasteiger partial charge in [-0.3, -0.25) is 0 Å². The number of methoxy groups -OCH3 is 1. The Labute approximate surface area is 223 Å². The Bertz CT molecular complexity index is 1320. The molecule has 5 rings (SSSR count). The molecule has 0 saturated carbocycles. The smallest absolute Gasteiger partial charge is 0.329 e. The summed E-state index contributed by atoms with van der Waals surface area (Å²) in [7, 11) is 1.69. The first kappa shape index (κ1) is 25.9. The Balaban J connectivity index is 1.49. The van der Waals surface area contributed by atoms with E-state index in [1.54, 1.807) is 7.11 Å². The van der Waals surface area contributed by atoms with Crippen molar-refractivity contribution in [1.82, 2.24) is 0 Å². The van der Waals surface area contributed by atoms with Crippen LogP contribution >= 0.6 is 0 Å². The number of aryl methyl sites for hydroxylation is 2. The van der Waals surface area contributed by atoms with Gasteiger partial charge >= 0.3 is 5.97 Å². The van der Waals surface area contributed by atoms with Gasteiger partial charge in [0.1, 0.15) is 11.3 Å². The highest BCUT2D eigenvalue weighted by Crippen LogP contribution is 2.42. The van der Waals surface area contributed by atoms with E-state index in [2.05, 4.69) is 43.4 Å². The molecular formula is C31H35NO6. The molecule has 7 heteroatoms. The summed E-state index contributed by atoms with van der Waals surface area (Å²) in [6.07, 6.45) is 2.09. The molecule has 2 N–H and O–H groups in total. The van der Waals surface area contributed by atoms with Crippen LogP contribution in [0, 0.1) is 13.8 Å². The lowest BCUT2D eigenvalue weighted by Crippen LogP contribution is -2.50. The first-order valence-corrected chi connectivity index (χ1v) is 13.1. The van der Waals surface area contributed by atoms with Crippen LogP contribution in [0.4, 0.5) is 5.69 Å². The molecule has 1 saturated heterocycles. The fourth-order valence-corrected chi connectivity index (χ4v) is 5.31. The lowest BCUT2D eigenvalue weighted by Gasteiger charge is -2.35. The Kier molecular flexibility index (Phi) is 6.97. The molecule has 3 aromatic carbocycles. The number of para-hydroxylation sites is 2. The van der Waals surface area contributed by atoms with Crippen molar-refractivity contribution in [2.75, 3.05) is 25.6 Å². The quantitative estimate of drug-likeness (QED) is 0.371. The van der Waals surface area contributed by atoms with Gasteiger partial charge in [0.2, 0.25) is 5.79 Å². The molecule has 0 radical (unpaired) electrons. The minimum absolute atomic E-state index is 0.409. The zero-order valence-electron chi connectivity index (χ0n) is 22.4. The Morgan fingerprint density at radius 1 is 1.03 bits per heavy atom. The number of carboxylic acids is 1. The van der Waals surface area contributed by atoms with E-state index in [0.717, 1.165) is 50.8 Å². The van der Waals surface area contributed by atoms with Crippen molar-refractivity contribution in [3.05, 3.63) is 71.3 Å². The van der Waals surface area contributed by atoms with E-state index in [1.807, 2.05) is 37.3 Å². The maximum absolute atomic E-state index is 12.3. The highest BCUT2D eigenvalue weighted by molar-refractivity contribution is 5.83. The average molecular weight is 518 g/mol. The number of benzene rings is 3. The molecule has 0 amide bonds. The van der Waals surface area contributed by atoms with Crippen LogP contribution in [-0.2, 0) is 16.0 Å². The van der Waals surface area contributed by atoms with Crippen LogP contribution in [0.1, 0.15) is 42.9 Å². The number of carbonyl (C=O) groups is 1. The van der Waals surface area contributed by atoms with Crippen molar-refractivity contribution in [3.8, 4) is 28.4 Å². The van der Waals surface area contributed by atoms with E-state index in [9.17, 15) is 9.90 Å². The zero-order chi connectivity index (χ0) is 26.9. The maximum Gasteiger partial charge on any atom is 0.329 e. The van der Waals surface area contributed by atoms with Gasteiger partial charge in [-0.1, -0.05) is 24.3 Å². The maximum atomic E-state index is 12.3. The average Bonchev–Trinajstić information content (AvgIpc) is 3.26. The first-order valence-electron chi connectivity index (χ1n) is 13.1. The molecule has 38 heavy (non-hydrogen) atoms. The van der Waals surface area contributed by atoms with Gasteiger partial charge < -0.3 is 29.4 Å². The van der Waals surface area contributed by atoms with Crippen molar-refractivity contribution in [2.45, 2.75) is 57.8 Å². The molecule has 2 aliphatic heterocycles. The molecule has 1 fully saturated rings. The number of aliphatic carboxylic acids is 1. The molecule has 0 atom stereocenters. The predicted molar refractivity (Wildman–Crippen MR) is 146 cm³/mol. The third-order valence-electron chi connectivity index (χ3n) is 7.74. The Hall–Kier alpha value is -3.71. The topological polar surface area (TPSA) is 86.3 Å². The second-order valence-electron chi connectivity index (χ2n) is 10.4. The monoisotopic (exact) mass is 517 g/mol. The van der Waals surface area contributed by atoms with Gasteiger partial charge in [0.15, 0.2) is 11.5 Å². The Morgan fingerprint density at radius 3 is 2.34 bits per heavy atom. The summed E-state index contributed by atoms with van der Waals surface area (Å²) in [4.78, 5) is 12.3. The number of hydrogen-bond acceptors (Lipinski definition) is 6. The largest absolute Gasteiger partial charge is 0.496 e. The van der Waals surface area contributed by atoms with Gasteiger partial charge in [-0.15, -0.1) is 0 Å². The van der Waals surface area contributed by atoms with Gasteiger partial charge in [-0.25, -0.2) is 4.79 Å². The van der Waals surface area contributed by atoms with Gasteiger partial charge in [0.25, 0.3) is 0 Å². The van der Waals surface area contributed by atoms with Gasteiger partial charge in [-0.05, 0) is 78.4 Å². The van der Waals surface area contributed by atoms with Crippen LogP contribution in [0.25, 0.3) is 11.1 Å². The van der Waals surface area contributed by atoms with Crippen LogP contribution < -0.4 is 19.5 Å². The summed E-state index contributed by atoms with van der Waals surface area (Å²) >= 11 is 0. The summed E-state index contributed by atoms with van der Waals surface area (Å²) in [5.41, 5.74) is 5.15. The minimum Gasteiger partial charge on any atom is -0.496 e.